The van der Waals surface area contributed by atoms with Gasteiger partial charge in [-0.15, -0.1) is 0 Å². The van der Waals surface area contributed by atoms with E-state index >= 15 is 0 Å². The Hall–Kier alpha value is -0.0800. The van der Waals surface area contributed by atoms with Crippen LogP contribution in [0.25, 0.3) is 0 Å². The number of likely N-dealkylation sites (N-methyl/N-ethyl adjacent to an activating group) is 1. The molecule has 1 saturated heterocycles. The molecule has 0 amide bonds. The van der Waals surface area contributed by atoms with E-state index in [9.17, 15) is 0 Å². The predicted molar refractivity (Wildman–Crippen MR) is 37.1 cm³/mol. The van der Waals surface area contributed by atoms with E-state index in [0.29, 0.717) is 6.04 Å². The van der Waals surface area contributed by atoms with Crippen LogP contribution in [0, 0.1) is 5.92 Å². The van der Waals surface area contributed by atoms with Crippen LogP contribution in [-0.4, -0.2) is 30.6 Å². The van der Waals surface area contributed by atoms with E-state index in [1.807, 2.05) is 0 Å². The second-order valence-electron chi connectivity index (χ2n) is 3.42. The molecule has 0 aromatic heterocycles. The van der Waals surface area contributed by atoms with Gasteiger partial charge in [0.15, 0.2) is 0 Å². The topological polar surface area (TPSA) is 29.3 Å². The summed E-state index contributed by atoms with van der Waals surface area (Å²) < 4.78 is 0. The molecule has 1 heterocycles. The number of fused-ring (bicyclic) bond motifs is 2. The zero-order valence-corrected chi connectivity index (χ0v) is 5.88. The Balaban J connectivity index is 2.16. The van der Waals surface area contributed by atoms with Gasteiger partial charge in [-0.1, -0.05) is 0 Å². The van der Waals surface area contributed by atoms with Crippen LogP contribution in [0.1, 0.15) is 12.8 Å². The summed E-state index contributed by atoms with van der Waals surface area (Å²) in [5, 5.41) is 0. The molecule has 1 aliphatic carbocycles. The van der Waals surface area contributed by atoms with Gasteiger partial charge < -0.3 is 10.6 Å². The molecule has 1 saturated carbocycles. The second-order valence-corrected chi connectivity index (χ2v) is 3.42. The van der Waals surface area contributed by atoms with E-state index in [-0.39, 0.29) is 0 Å². The molecule has 0 spiro atoms. The Morgan fingerprint density at radius 2 is 2.22 bits per heavy atom. The summed E-state index contributed by atoms with van der Waals surface area (Å²) in [6.07, 6.45) is 2.71. The Morgan fingerprint density at radius 1 is 1.44 bits per heavy atom. The first-order chi connectivity index (χ1) is 4.29. The number of piperidine rings is 1. The summed E-state index contributed by atoms with van der Waals surface area (Å²) in [6.45, 7) is 1.24. The van der Waals surface area contributed by atoms with Gasteiger partial charge in [0, 0.05) is 18.6 Å². The lowest BCUT2D eigenvalue weighted by Crippen LogP contribution is -2.34. The number of likely N-dealkylation sites (tertiary alicyclic amines) is 1. The molecule has 2 heteroatoms. The Kier molecular flexibility index (Phi) is 1.08. The summed E-state index contributed by atoms with van der Waals surface area (Å²) in [5.41, 5.74) is 5.93. The average molecular weight is 126 g/mol. The van der Waals surface area contributed by atoms with Crippen molar-refractivity contribution in [3.8, 4) is 0 Å². The minimum Gasteiger partial charge on any atom is -0.326 e. The van der Waals surface area contributed by atoms with E-state index in [4.69, 9.17) is 5.73 Å². The molecule has 52 valence electrons. The van der Waals surface area contributed by atoms with Crippen LogP contribution in [0.4, 0.5) is 0 Å². The van der Waals surface area contributed by atoms with Crippen molar-refractivity contribution >= 4 is 0 Å². The van der Waals surface area contributed by atoms with Crippen molar-refractivity contribution < 1.29 is 0 Å². The molecule has 2 nitrogen and oxygen atoms in total. The van der Waals surface area contributed by atoms with Gasteiger partial charge in [-0.2, -0.15) is 0 Å². The Morgan fingerprint density at radius 3 is 2.44 bits per heavy atom. The van der Waals surface area contributed by atoms with Gasteiger partial charge >= 0.3 is 0 Å². The van der Waals surface area contributed by atoms with Crippen LogP contribution < -0.4 is 5.73 Å². The third-order valence-corrected chi connectivity index (χ3v) is 2.91. The van der Waals surface area contributed by atoms with Crippen LogP contribution in [0.15, 0.2) is 0 Å². The molecule has 2 fully saturated rings. The summed E-state index contributed by atoms with van der Waals surface area (Å²) in [5.74, 6) is 0.819. The van der Waals surface area contributed by atoms with Crippen LogP contribution in [0.3, 0.4) is 0 Å². The highest BCUT2D eigenvalue weighted by atomic mass is 15.2. The molecule has 1 aliphatic heterocycles. The summed E-state index contributed by atoms with van der Waals surface area (Å²) in [7, 11) is 2.18. The Bertz CT molecular complexity index is 124. The first kappa shape index (κ1) is 5.69. The first-order valence-electron chi connectivity index (χ1n) is 3.75. The highest BCUT2D eigenvalue weighted by Crippen LogP contribution is 2.35. The van der Waals surface area contributed by atoms with Gasteiger partial charge in [-0.25, -0.2) is 0 Å². The van der Waals surface area contributed by atoms with Gasteiger partial charge in [-0.05, 0) is 25.8 Å². The second kappa shape index (κ2) is 1.70. The van der Waals surface area contributed by atoms with Crippen molar-refractivity contribution in [3.05, 3.63) is 0 Å². The van der Waals surface area contributed by atoms with Gasteiger partial charge in [0.25, 0.3) is 0 Å². The van der Waals surface area contributed by atoms with Gasteiger partial charge in [-0.3, -0.25) is 0 Å². The fourth-order valence-corrected chi connectivity index (χ4v) is 2.32. The van der Waals surface area contributed by atoms with E-state index in [1.165, 1.54) is 19.4 Å². The quantitative estimate of drug-likeness (QED) is 0.496. The van der Waals surface area contributed by atoms with Crippen molar-refractivity contribution in [3.63, 3.8) is 0 Å². The lowest BCUT2D eigenvalue weighted by molar-refractivity contribution is 0.259. The third kappa shape index (κ3) is 0.634. The number of hydrogen-bond acceptors (Lipinski definition) is 2. The molecular weight excluding hydrogens is 112 g/mol. The number of rotatable bonds is 0. The summed E-state index contributed by atoms with van der Waals surface area (Å²) >= 11 is 0. The monoisotopic (exact) mass is 126 g/mol. The maximum Gasteiger partial charge on any atom is 0.0247 e. The normalized spacial score (nSPS) is 50.7. The summed E-state index contributed by atoms with van der Waals surface area (Å²) in [6, 6.07) is 1.21. The number of nitrogens with zero attached hydrogens (tertiary/aromatic N) is 1. The third-order valence-electron chi connectivity index (χ3n) is 2.91. The van der Waals surface area contributed by atoms with Crippen LogP contribution in [0.5, 0.6) is 0 Å². The fourth-order valence-electron chi connectivity index (χ4n) is 2.32. The minimum atomic E-state index is 0.495. The predicted octanol–water partition coefficient (Wildman–Crippen LogP) is 0.0377. The molecule has 2 rings (SSSR count). The molecule has 2 aliphatic rings. The van der Waals surface area contributed by atoms with Gasteiger partial charge in [0.1, 0.15) is 0 Å². The fraction of sp³-hybridized carbons (Fsp3) is 1.00. The largest absolute Gasteiger partial charge is 0.326 e. The highest BCUT2D eigenvalue weighted by Gasteiger charge is 2.42. The molecule has 3 atom stereocenters. The summed E-state index contributed by atoms with van der Waals surface area (Å²) in [4.78, 5) is 2.40. The molecular formula is C7H14N2. The zero-order valence-electron chi connectivity index (χ0n) is 5.88. The van der Waals surface area contributed by atoms with Crippen molar-refractivity contribution in [1.29, 1.82) is 0 Å². The lowest BCUT2D eigenvalue weighted by atomic mass is 10.1. The van der Waals surface area contributed by atoms with Gasteiger partial charge in [0.05, 0.1) is 0 Å². The molecule has 2 bridgehead atoms. The molecule has 9 heavy (non-hydrogen) atoms. The van der Waals surface area contributed by atoms with E-state index in [1.54, 1.807) is 0 Å². The maximum atomic E-state index is 5.93. The van der Waals surface area contributed by atoms with E-state index < -0.39 is 0 Å². The van der Waals surface area contributed by atoms with Crippen molar-refractivity contribution in [2.75, 3.05) is 13.6 Å². The van der Waals surface area contributed by atoms with Gasteiger partial charge in [0.2, 0.25) is 0 Å². The lowest BCUT2D eigenvalue weighted by Gasteiger charge is -2.21. The number of hydrogen-bond donors (Lipinski definition) is 1. The zero-order chi connectivity index (χ0) is 6.43. The minimum absolute atomic E-state index is 0.495. The standard InChI is InChI=1S/C7H14N2/c1-9-4-5-2-3-6(9)7(5)8/h5-7H,2-4,8H2,1H3/t5?,6-,7?/m1/s1. The van der Waals surface area contributed by atoms with Crippen molar-refractivity contribution in [1.82, 2.24) is 4.90 Å². The van der Waals surface area contributed by atoms with E-state index in [2.05, 4.69) is 11.9 Å². The van der Waals surface area contributed by atoms with Crippen molar-refractivity contribution in [2.45, 2.75) is 24.9 Å². The number of nitrogens with two attached hydrogens (primary N) is 1. The smallest absolute Gasteiger partial charge is 0.0247 e. The van der Waals surface area contributed by atoms with Crippen LogP contribution in [-0.2, 0) is 0 Å². The molecule has 0 aromatic rings. The molecule has 2 N–H and O–H groups in total. The molecule has 2 unspecified atom stereocenters. The Labute approximate surface area is 56.0 Å². The average Bonchev–Trinajstić information content (AvgIpc) is 2.25. The molecule has 0 aromatic carbocycles. The highest BCUT2D eigenvalue weighted by molar-refractivity contribution is 5.00. The van der Waals surface area contributed by atoms with Crippen LogP contribution in [0.2, 0.25) is 0 Å². The SMILES string of the molecule is CN1CC2CC[C@@H]1C2N. The van der Waals surface area contributed by atoms with Crippen LogP contribution >= 0.6 is 0 Å². The van der Waals surface area contributed by atoms with E-state index in [0.717, 1.165) is 12.0 Å². The maximum absolute atomic E-state index is 5.93. The first-order valence-corrected chi connectivity index (χ1v) is 3.75. The molecule has 0 radical (unpaired) electrons. The van der Waals surface area contributed by atoms with Crippen molar-refractivity contribution in [2.24, 2.45) is 11.7 Å².